The maximum Gasteiger partial charge on any atom is 0.337 e. The molecule has 0 atom stereocenters. The van der Waals surface area contributed by atoms with Gasteiger partial charge in [0.15, 0.2) is 0 Å². The maximum absolute atomic E-state index is 11.4. The maximum atomic E-state index is 11.4. The van der Waals surface area contributed by atoms with Gasteiger partial charge >= 0.3 is 5.97 Å². The molecule has 5 nitrogen and oxygen atoms in total. The molecule has 0 saturated heterocycles. The molecule has 1 aromatic carbocycles. The zero-order valence-electron chi connectivity index (χ0n) is 11.2. The highest BCUT2D eigenvalue weighted by Gasteiger charge is 2.15. The van der Waals surface area contributed by atoms with Crippen LogP contribution in [-0.4, -0.2) is 39.1 Å². The van der Waals surface area contributed by atoms with Crippen LogP contribution in [0.2, 0.25) is 0 Å². The Kier molecular flexibility index (Phi) is 4.76. The Morgan fingerprint density at radius 3 is 2.55 bits per heavy atom. The van der Waals surface area contributed by atoms with Gasteiger partial charge < -0.3 is 19.9 Å². The number of benzene rings is 1. The van der Waals surface area contributed by atoms with Crippen LogP contribution >= 0.6 is 0 Å². The van der Waals surface area contributed by atoms with Crippen LogP contribution in [0.1, 0.15) is 28.8 Å². The summed E-state index contributed by atoms with van der Waals surface area (Å²) in [6.07, 6.45) is 3.87. The molecule has 3 N–H and O–H groups in total. The molecule has 0 amide bonds. The van der Waals surface area contributed by atoms with Gasteiger partial charge in [0, 0.05) is 31.3 Å². The van der Waals surface area contributed by atoms with E-state index in [1.54, 1.807) is 12.1 Å². The van der Waals surface area contributed by atoms with E-state index in [4.69, 9.17) is 10.2 Å². The summed E-state index contributed by atoms with van der Waals surface area (Å²) in [6, 6.07) is 5.24. The van der Waals surface area contributed by atoms with Crippen molar-refractivity contribution < 1.29 is 20.1 Å². The van der Waals surface area contributed by atoms with Crippen LogP contribution in [-0.2, 0) is 13.0 Å². The van der Waals surface area contributed by atoms with Gasteiger partial charge in [-0.05, 0) is 30.9 Å². The Labute approximate surface area is 117 Å². The Bertz CT molecular complexity index is 603. The summed E-state index contributed by atoms with van der Waals surface area (Å²) in [5.74, 6) is -0.951. The Hall–Kier alpha value is -1.85. The van der Waals surface area contributed by atoms with E-state index < -0.39 is 5.97 Å². The van der Waals surface area contributed by atoms with E-state index in [1.165, 1.54) is 0 Å². The van der Waals surface area contributed by atoms with Crippen molar-refractivity contribution in [2.45, 2.75) is 25.8 Å². The lowest BCUT2D eigenvalue weighted by molar-refractivity contribution is 0.0698. The summed E-state index contributed by atoms with van der Waals surface area (Å²) in [5.41, 5.74) is 2.01. The molecule has 0 fully saturated rings. The van der Waals surface area contributed by atoms with Crippen LogP contribution in [0, 0.1) is 0 Å². The van der Waals surface area contributed by atoms with Crippen molar-refractivity contribution in [2.75, 3.05) is 13.2 Å². The second-order valence-electron chi connectivity index (χ2n) is 4.76. The predicted molar refractivity (Wildman–Crippen MR) is 76.0 cm³/mol. The fraction of sp³-hybridized carbons (Fsp3) is 0.400. The molecule has 0 bridgehead atoms. The van der Waals surface area contributed by atoms with E-state index in [-0.39, 0.29) is 18.8 Å². The van der Waals surface area contributed by atoms with E-state index in [0.29, 0.717) is 31.3 Å². The van der Waals surface area contributed by atoms with Crippen LogP contribution < -0.4 is 0 Å². The van der Waals surface area contributed by atoms with Crippen molar-refractivity contribution >= 4 is 16.9 Å². The third kappa shape index (κ3) is 2.84. The molecule has 0 saturated carbocycles. The summed E-state index contributed by atoms with van der Waals surface area (Å²) in [4.78, 5) is 11.4. The van der Waals surface area contributed by atoms with Crippen LogP contribution in [0.3, 0.4) is 0 Å². The Balaban J connectivity index is 2.54. The zero-order valence-corrected chi connectivity index (χ0v) is 11.2. The molecule has 1 aromatic heterocycles. The summed E-state index contributed by atoms with van der Waals surface area (Å²) in [5, 5.41) is 28.1. The van der Waals surface area contributed by atoms with Gasteiger partial charge in [-0.1, -0.05) is 12.1 Å². The molecule has 0 radical (unpaired) electrons. The number of rotatable bonds is 7. The third-order valence-corrected chi connectivity index (χ3v) is 3.37. The van der Waals surface area contributed by atoms with Crippen molar-refractivity contribution in [3.8, 4) is 0 Å². The van der Waals surface area contributed by atoms with Crippen molar-refractivity contribution in [1.29, 1.82) is 0 Å². The number of carboxylic acid groups (broad SMARTS) is 1. The number of hydrogen-bond acceptors (Lipinski definition) is 3. The first-order valence-electron chi connectivity index (χ1n) is 6.74. The first-order chi connectivity index (χ1) is 9.69. The molecule has 108 valence electrons. The SMILES string of the molecule is O=C(O)c1cccc2c(CCCO)cn(CCCO)c12. The molecular weight excluding hydrogens is 258 g/mol. The van der Waals surface area contributed by atoms with E-state index in [2.05, 4.69) is 0 Å². The van der Waals surface area contributed by atoms with Crippen LogP contribution in [0.5, 0.6) is 0 Å². The van der Waals surface area contributed by atoms with Gasteiger partial charge in [0.2, 0.25) is 0 Å². The fourth-order valence-corrected chi connectivity index (χ4v) is 2.49. The first-order valence-corrected chi connectivity index (χ1v) is 6.74. The Morgan fingerprint density at radius 2 is 1.90 bits per heavy atom. The minimum Gasteiger partial charge on any atom is -0.478 e. The lowest BCUT2D eigenvalue weighted by atomic mass is 10.1. The molecule has 2 aromatic rings. The van der Waals surface area contributed by atoms with Gasteiger partial charge in [0.25, 0.3) is 0 Å². The normalized spacial score (nSPS) is 11.1. The lowest BCUT2D eigenvalue weighted by Gasteiger charge is -2.06. The number of aromatic nitrogens is 1. The molecule has 0 aliphatic heterocycles. The molecule has 0 aliphatic carbocycles. The standard InChI is InChI=1S/C15H19NO4/c17-8-2-4-11-10-16(7-3-9-18)14-12(11)5-1-6-13(14)15(19)20/h1,5-6,10,17-18H,2-4,7-9H2,(H,19,20). The molecule has 0 aliphatic rings. The van der Waals surface area contributed by atoms with Crippen molar-refractivity contribution in [2.24, 2.45) is 0 Å². The number of aliphatic hydroxyl groups is 2. The molecule has 5 heteroatoms. The average Bonchev–Trinajstić information content (AvgIpc) is 2.80. The van der Waals surface area contributed by atoms with E-state index in [9.17, 15) is 9.90 Å². The summed E-state index contributed by atoms with van der Waals surface area (Å²) >= 11 is 0. The number of aromatic carboxylic acids is 1. The fourth-order valence-electron chi connectivity index (χ4n) is 2.49. The van der Waals surface area contributed by atoms with Gasteiger partial charge in [-0.2, -0.15) is 0 Å². The van der Waals surface area contributed by atoms with Gasteiger partial charge in [-0.25, -0.2) is 4.79 Å². The minimum atomic E-state index is -0.951. The minimum absolute atomic E-state index is 0.0703. The number of carboxylic acids is 1. The molecule has 0 spiro atoms. The van der Waals surface area contributed by atoms with Crippen LogP contribution in [0.15, 0.2) is 24.4 Å². The van der Waals surface area contributed by atoms with Crippen LogP contribution in [0.4, 0.5) is 0 Å². The number of para-hydroxylation sites is 1. The van der Waals surface area contributed by atoms with Gasteiger partial charge in [0.1, 0.15) is 0 Å². The summed E-state index contributed by atoms with van der Waals surface area (Å²) in [7, 11) is 0. The number of fused-ring (bicyclic) bond motifs is 1. The highest BCUT2D eigenvalue weighted by Crippen LogP contribution is 2.26. The highest BCUT2D eigenvalue weighted by atomic mass is 16.4. The molecule has 0 unspecified atom stereocenters. The molecule has 1 heterocycles. The molecule has 20 heavy (non-hydrogen) atoms. The van der Waals surface area contributed by atoms with Crippen molar-refractivity contribution in [1.82, 2.24) is 4.57 Å². The van der Waals surface area contributed by atoms with E-state index in [0.717, 1.165) is 10.9 Å². The predicted octanol–water partition coefficient (Wildman–Crippen LogP) is 1.65. The lowest BCUT2D eigenvalue weighted by Crippen LogP contribution is -2.04. The van der Waals surface area contributed by atoms with E-state index in [1.807, 2.05) is 16.8 Å². The zero-order chi connectivity index (χ0) is 14.5. The second-order valence-corrected chi connectivity index (χ2v) is 4.76. The van der Waals surface area contributed by atoms with Gasteiger partial charge in [0.05, 0.1) is 11.1 Å². The summed E-state index contributed by atoms with van der Waals surface area (Å²) < 4.78 is 1.89. The van der Waals surface area contributed by atoms with Crippen molar-refractivity contribution in [3.63, 3.8) is 0 Å². The third-order valence-electron chi connectivity index (χ3n) is 3.37. The monoisotopic (exact) mass is 277 g/mol. The van der Waals surface area contributed by atoms with Gasteiger partial charge in [-0.15, -0.1) is 0 Å². The van der Waals surface area contributed by atoms with Crippen LogP contribution in [0.25, 0.3) is 10.9 Å². The van der Waals surface area contributed by atoms with E-state index >= 15 is 0 Å². The molecule has 2 rings (SSSR count). The summed E-state index contributed by atoms with van der Waals surface area (Å²) in [6.45, 7) is 0.763. The quantitative estimate of drug-likeness (QED) is 0.718. The number of hydrogen-bond donors (Lipinski definition) is 3. The largest absolute Gasteiger partial charge is 0.478 e. The number of aryl methyl sites for hydroxylation is 2. The smallest absolute Gasteiger partial charge is 0.337 e. The number of nitrogens with zero attached hydrogens (tertiary/aromatic N) is 1. The Morgan fingerprint density at radius 1 is 1.15 bits per heavy atom. The van der Waals surface area contributed by atoms with Crippen molar-refractivity contribution in [3.05, 3.63) is 35.5 Å². The second kappa shape index (κ2) is 6.54. The number of carbonyl (C=O) groups is 1. The topological polar surface area (TPSA) is 82.7 Å². The average molecular weight is 277 g/mol. The number of aliphatic hydroxyl groups excluding tert-OH is 2. The van der Waals surface area contributed by atoms with Gasteiger partial charge in [-0.3, -0.25) is 0 Å². The molecular formula is C15H19NO4. The highest BCUT2D eigenvalue weighted by molar-refractivity contribution is 6.03. The first kappa shape index (κ1) is 14.6.